The van der Waals surface area contributed by atoms with Crippen LogP contribution in [0.25, 0.3) is 0 Å². The fraction of sp³-hybridized carbons (Fsp3) is 0.214. The summed E-state index contributed by atoms with van der Waals surface area (Å²) in [4.78, 5) is 15.4. The molecule has 0 saturated carbocycles. The molecule has 0 aliphatic carbocycles. The Labute approximate surface area is 105 Å². The molecule has 1 aromatic carbocycles. The molecule has 0 unspecified atom stereocenters. The number of benzene rings is 1. The van der Waals surface area contributed by atoms with Gasteiger partial charge in [-0.25, -0.2) is 4.39 Å². The van der Waals surface area contributed by atoms with Crippen molar-refractivity contribution in [3.63, 3.8) is 0 Å². The van der Waals surface area contributed by atoms with Gasteiger partial charge in [-0.2, -0.15) is 0 Å². The molecule has 2 aromatic rings. The van der Waals surface area contributed by atoms with E-state index in [1.165, 1.54) is 12.1 Å². The van der Waals surface area contributed by atoms with E-state index in [-0.39, 0.29) is 11.5 Å². The van der Waals surface area contributed by atoms with Gasteiger partial charge in [0.1, 0.15) is 5.82 Å². The maximum absolute atomic E-state index is 13.0. The molecule has 2 rings (SSSR count). The molecule has 0 atom stereocenters. The van der Waals surface area contributed by atoms with Crippen LogP contribution in [-0.2, 0) is 0 Å². The highest BCUT2D eigenvalue weighted by Gasteiger charge is 2.18. The monoisotopic (exact) mass is 246 g/mol. The summed E-state index contributed by atoms with van der Waals surface area (Å²) in [6.07, 6.45) is 0. The minimum Gasteiger partial charge on any atom is -0.398 e. The van der Waals surface area contributed by atoms with Crippen LogP contribution < -0.4 is 5.73 Å². The summed E-state index contributed by atoms with van der Waals surface area (Å²) in [6.45, 7) is 5.74. The molecule has 0 aliphatic heterocycles. The van der Waals surface area contributed by atoms with Gasteiger partial charge in [0.15, 0.2) is 0 Å². The number of halogens is 1. The summed E-state index contributed by atoms with van der Waals surface area (Å²) in [5, 5.41) is 0. The number of ketones is 1. The molecule has 0 bridgehead atoms. The van der Waals surface area contributed by atoms with Gasteiger partial charge in [-0.05, 0) is 50.1 Å². The number of hydrogen-bond donors (Lipinski definition) is 2. The second kappa shape index (κ2) is 4.29. The third-order valence-corrected chi connectivity index (χ3v) is 3.30. The van der Waals surface area contributed by atoms with Crippen LogP contribution in [0.2, 0.25) is 0 Å². The second-order valence-electron chi connectivity index (χ2n) is 4.44. The zero-order valence-electron chi connectivity index (χ0n) is 10.6. The van der Waals surface area contributed by atoms with Crippen molar-refractivity contribution < 1.29 is 9.18 Å². The van der Waals surface area contributed by atoms with E-state index in [1.807, 2.05) is 20.8 Å². The Morgan fingerprint density at radius 1 is 1.22 bits per heavy atom. The zero-order chi connectivity index (χ0) is 13.4. The van der Waals surface area contributed by atoms with Crippen molar-refractivity contribution in [1.82, 2.24) is 4.98 Å². The third kappa shape index (κ3) is 1.90. The molecular weight excluding hydrogens is 231 g/mol. The van der Waals surface area contributed by atoms with Crippen molar-refractivity contribution >= 4 is 11.5 Å². The Morgan fingerprint density at radius 3 is 2.39 bits per heavy atom. The molecule has 0 fully saturated rings. The first-order chi connectivity index (χ1) is 8.41. The van der Waals surface area contributed by atoms with Crippen molar-refractivity contribution in [3.05, 3.63) is 52.1 Å². The maximum atomic E-state index is 13.0. The van der Waals surface area contributed by atoms with Crippen molar-refractivity contribution in [2.75, 3.05) is 5.73 Å². The van der Waals surface area contributed by atoms with E-state index in [0.717, 1.165) is 22.9 Å². The highest BCUT2D eigenvalue weighted by molar-refractivity contribution is 6.12. The van der Waals surface area contributed by atoms with E-state index < -0.39 is 5.82 Å². The summed E-state index contributed by atoms with van der Waals surface area (Å²) in [5.41, 5.74) is 9.59. The Morgan fingerprint density at radius 2 is 1.89 bits per heavy atom. The van der Waals surface area contributed by atoms with Crippen molar-refractivity contribution in [3.8, 4) is 0 Å². The molecule has 18 heavy (non-hydrogen) atoms. The minimum atomic E-state index is -0.445. The molecule has 94 valence electrons. The summed E-state index contributed by atoms with van der Waals surface area (Å²) in [6, 6.07) is 3.81. The Hall–Kier alpha value is -2.10. The van der Waals surface area contributed by atoms with E-state index in [1.54, 1.807) is 0 Å². The van der Waals surface area contributed by atoms with Gasteiger partial charge in [0, 0.05) is 16.9 Å². The first kappa shape index (κ1) is 12.4. The standard InChI is InChI=1S/C14H15FN2O/c1-7-8(2)13(17-9(7)3)14(18)11-5-4-10(15)6-12(11)16/h4-6,17H,16H2,1-3H3. The van der Waals surface area contributed by atoms with E-state index in [2.05, 4.69) is 4.98 Å². The number of aromatic amines is 1. The number of nitrogen functional groups attached to an aromatic ring is 1. The molecule has 0 radical (unpaired) electrons. The first-order valence-electron chi connectivity index (χ1n) is 5.67. The Balaban J connectivity index is 2.51. The Kier molecular flexibility index (Phi) is 2.95. The summed E-state index contributed by atoms with van der Waals surface area (Å²) in [5.74, 6) is -0.652. The van der Waals surface area contributed by atoms with Crippen LogP contribution in [0.5, 0.6) is 0 Å². The average Bonchev–Trinajstić information content (AvgIpc) is 2.56. The second-order valence-corrected chi connectivity index (χ2v) is 4.44. The van der Waals surface area contributed by atoms with E-state index >= 15 is 0 Å². The fourth-order valence-corrected chi connectivity index (χ4v) is 1.95. The van der Waals surface area contributed by atoms with Gasteiger partial charge in [0.25, 0.3) is 0 Å². The number of anilines is 1. The SMILES string of the molecule is Cc1[nH]c(C(=O)c2ccc(F)cc2N)c(C)c1C. The normalized spacial score (nSPS) is 10.7. The third-order valence-electron chi connectivity index (χ3n) is 3.30. The number of aromatic nitrogens is 1. The summed E-state index contributed by atoms with van der Waals surface area (Å²) < 4.78 is 13.0. The van der Waals surface area contributed by atoms with Crippen LogP contribution in [0.1, 0.15) is 32.9 Å². The lowest BCUT2D eigenvalue weighted by Crippen LogP contribution is -2.07. The minimum absolute atomic E-state index is 0.157. The average molecular weight is 246 g/mol. The number of nitrogens with one attached hydrogen (secondary N) is 1. The quantitative estimate of drug-likeness (QED) is 0.632. The lowest BCUT2D eigenvalue weighted by molar-refractivity contribution is 0.103. The van der Waals surface area contributed by atoms with Crippen LogP contribution in [0, 0.1) is 26.6 Å². The summed E-state index contributed by atoms with van der Waals surface area (Å²) >= 11 is 0. The number of rotatable bonds is 2. The van der Waals surface area contributed by atoms with Gasteiger partial charge < -0.3 is 10.7 Å². The predicted molar refractivity (Wildman–Crippen MR) is 69.2 cm³/mol. The molecule has 3 N–H and O–H groups in total. The lowest BCUT2D eigenvalue weighted by atomic mass is 10.0. The highest BCUT2D eigenvalue weighted by atomic mass is 19.1. The maximum Gasteiger partial charge on any atom is 0.211 e. The predicted octanol–water partition coefficient (Wildman–Crippen LogP) is 2.89. The van der Waals surface area contributed by atoms with Crippen LogP contribution in [0.15, 0.2) is 18.2 Å². The van der Waals surface area contributed by atoms with Crippen LogP contribution in [0.3, 0.4) is 0 Å². The number of aryl methyl sites for hydroxylation is 1. The number of carbonyl (C=O) groups is 1. The zero-order valence-corrected chi connectivity index (χ0v) is 10.6. The highest BCUT2D eigenvalue weighted by Crippen LogP contribution is 2.22. The van der Waals surface area contributed by atoms with E-state index in [4.69, 9.17) is 5.73 Å². The van der Waals surface area contributed by atoms with Crippen molar-refractivity contribution in [1.29, 1.82) is 0 Å². The fourth-order valence-electron chi connectivity index (χ4n) is 1.95. The van der Waals surface area contributed by atoms with Crippen molar-refractivity contribution in [2.45, 2.75) is 20.8 Å². The van der Waals surface area contributed by atoms with E-state index in [9.17, 15) is 9.18 Å². The number of hydrogen-bond acceptors (Lipinski definition) is 2. The topological polar surface area (TPSA) is 58.9 Å². The number of carbonyl (C=O) groups excluding carboxylic acids is 1. The molecule has 4 heteroatoms. The molecule has 1 aromatic heterocycles. The lowest BCUT2D eigenvalue weighted by Gasteiger charge is -2.04. The van der Waals surface area contributed by atoms with Gasteiger partial charge in [0.2, 0.25) is 5.78 Å². The molecule has 1 heterocycles. The molecule has 3 nitrogen and oxygen atoms in total. The van der Waals surface area contributed by atoms with Gasteiger partial charge >= 0.3 is 0 Å². The smallest absolute Gasteiger partial charge is 0.211 e. The van der Waals surface area contributed by atoms with E-state index in [0.29, 0.717) is 11.3 Å². The van der Waals surface area contributed by atoms with Gasteiger partial charge in [0.05, 0.1) is 5.69 Å². The molecule has 0 aliphatic rings. The van der Waals surface area contributed by atoms with Crippen molar-refractivity contribution in [2.24, 2.45) is 0 Å². The first-order valence-corrected chi connectivity index (χ1v) is 5.67. The van der Waals surface area contributed by atoms with Gasteiger partial charge in [-0.1, -0.05) is 0 Å². The van der Waals surface area contributed by atoms with Crippen LogP contribution in [-0.4, -0.2) is 10.8 Å². The van der Waals surface area contributed by atoms with Crippen LogP contribution in [0.4, 0.5) is 10.1 Å². The van der Waals surface area contributed by atoms with Crippen LogP contribution >= 0.6 is 0 Å². The van der Waals surface area contributed by atoms with Gasteiger partial charge in [-0.3, -0.25) is 4.79 Å². The summed E-state index contributed by atoms with van der Waals surface area (Å²) in [7, 11) is 0. The molecule has 0 saturated heterocycles. The molecule has 0 amide bonds. The molecule has 0 spiro atoms. The number of H-pyrrole nitrogens is 1. The largest absolute Gasteiger partial charge is 0.398 e. The van der Waals surface area contributed by atoms with Gasteiger partial charge in [-0.15, -0.1) is 0 Å². The number of nitrogens with two attached hydrogens (primary N) is 1. The Bertz CT molecular complexity index is 629. The molecular formula is C14H15FN2O.